The summed E-state index contributed by atoms with van der Waals surface area (Å²) in [7, 11) is 0. The number of aliphatic carboxylic acids is 3. The number of carboxylic acids is 3. The van der Waals surface area contributed by atoms with Gasteiger partial charge in [0.25, 0.3) is 11.8 Å². The molecule has 1 atom stereocenters. The van der Waals surface area contributed by atoms with Crippen LogP contribution in [-0.2, 0) is 54.7 Å². The summed E-state index contributed by atoms with van der Waals surface area (Å²) < 4.78 is 0. The molecule has 8 rings (SSSR count). The Morgan fingerprint density at radius 3 is 1.68 bits per heavy atom. The number of carbonyl (C=O) groups is 6. The zero-order valence-electron chi connectivity index (χ0n) is 36.2. The van der Waals surface area contributed by atoms with Gasteiger partial charge in [-0.3, -0.25) is 34.0 Å². The Morgan fingerprint density at radius 2 is 1.18 bits per heavy atom. The fourth-order valence-corrected chi connectivity index (χ4v) is 9.74. The molecule has 0 spiro atoms. The number of aryl methyl sites for hydroxylation is 2. The quantitative estimate of drug-likeness (QED) is 0.0919. The number of carboxylic acid groups (broad SMARTS) is 3. The molecule has 2 aliphatic carbocycles. The Balaban J connectivity index is 0.00000630. The number of fused-ring (bicyclic) bond motifs is 6. The predicted molar refractivity (Wildman–Crippen MR) is 226 cm³/mol. The van der Waals surface area contributed by atoms with Gasteiger partial charge >= 0.3 is 49.4 Å². The van der Waals surface area contributed by atoms with Gasteiger partial charge in [0.15, 0.2) is 0 Å². The van der Waals surface area contributed by atoms with Gasteiger partial charge in [0.1, 0.15) is 0 Å². The molecule has 0 unspecified atom stereocenters. The molecule has 18 nitrogen and oxygen atoms in total. The first-order valence-corrected chi connectivity index (χ1v) is 22.4. The van der Waals surface area contributed by atoms with Crippen molar-refractivity contribution in [1.29, 1.82) is 0 Å². The van der Waals surface area contributed by atoms with Crippen molar-refractivity contribution in [1.82, 2.24) is 44.9 Å². The molecule has 1 N–H and O–H groups in total. The van der Waals surface area contributed by atoms with Gasteiger partial charge in [0.05, 0.1) is 62.8 Å². The van der Waals surface area contributed by atoms with E-state index in [1.54, 1.807) is 14.7 Å². The van der Waals surface area contributed by atoms with E-state index in [1.165, 1.54) is 17.1 Å². The second-order valence-corrected chi connectivity index (χ2v) is 17.6. The molecule has 1 saturated carbocycles. The van der Waals surface area contributed by atoms with Gasteiger partial charge in [-0.1, -0.05) is 0 Å². The Labute approximate surface area is 416 Å². The average Bonchev–Trinajstić information content (AvgIpc) is 3.58. The Hall–Kier alpha value is -4.40. The smallest absolute Gasteiger partial charge is 0.549 e. The number of nitrogens with zero attached hydrogens (tertiary/aromatic N) is 8. The summed E-state index contributed by atoms with van der Waals surface area (Å²) >= 11 is 0. The van der Waals surface area contributed by atoms with E-state index in [1.807, 2.05) is 24.3 Å². The van der Waals surface area contributed by atoms with Crippen LogP contribution >= 0.6 is 0 Å². The predicted octanol–water partition coefficient (Wildman–Crippen LogP) is -0.839. The summed E-state index contributed by atoms with van der Waals surface area (Å²) in [5.41, 5.74) is 5.59. The monoisotopic (exact) mass is 1030 g/mol. The summed E-state index contributed by atoms with van der Waals surface area (Å²) in [5, 5.41) is 41.5. The minimum Gasteiger partial charge on any atom is -0.549 e. The van der Waals surface area contributed by atoms with E-state index in [-0.39, 0.29) is 125 Å². The molecule has 0 saturated heterocycles. The molecule has 2 aliphatic heterocycles. The molecular weight excluding hydrogens is 975 g/mol. The molecule has 0 radical (unpaired) electrons. The largest absolute Gasteiger partial charge is 3.00 e. The second kappa shape index (κ2) is 21.9. The molecule has 4 aromatic rings. The molecule has 3 aromatic heterocycles. The van der Waals surface area contributed by atoms with E-state index in [4.69, 9.17) is 19.9 Å². The molecular formula is C46H52EuN9O9. The summed E-state index contributed by atoms with van der Waals surface area (Å²) in [4.78, 5) is 100. The van der Waals surface area contributed by atoms with Crippen LogP contribution in [-0.4, -0.2) is 134 Å². The van der Waals surface area contributed by atoms with E-state index >= 15 is 0 Å². The van der Waals surface area contributed by atoms with Gasteiger partial charge in [-0.15, -0.1) is 0 Å². The number of amides is 3. The minimum atomic E-state index is -1.32. The molecule has 5 heterocycles. The van der Waals surface area contributed by atoms with E-state index in [0.717, 1.165) is 60.7 Å². The van der Waals surface area contributed by atoms with Gasteiger partial charge in [-0.25, -0.2) is 19.9 Å². The maximum atomic E-state index is 13.1. The van der Waals surface area contributed by atoms with Gasteiger partial charge in [0.2, 0.25) is 5.91 Å². The van der Waals surface area contributed by atoms with Crippen molar-refractivity contribution < 1.29 is 93.5 Å². The van der Waals surface area contributed by atoms with Crippen LogP contribution in [0.4, 0.5) is 0 Å². The number of benzene rings is 1. The van der Waals surface area contributed by atoms with Gasteiger partial charge in [-0.2, -0.15) is 0 Å². The number of carbonyl (C=O) groups excluding carboxylic acids is 6. The van der Waals surface area contributed by atoms with Gasteiger partial charge in [0, 0.05) is 100 Å². The normalized spacial score (nSPS) is 20.5. The van der Waals surface area contributed by atoms with Crippen molar-refractivity contribution in [3.8, 4) is 0 Å². The van der Waals surface area contributed by atoms with Crippen LogP contribution in [0.2, 0.25) is 0 Å². The number of aromatic nitrogens is 4. The SMILES string of the molecule is O=C([O-])CN1CCN([C@@H](CCCCNC(=O)C2CCC(CN3C(=O)C=CC3=O)CC2)C(=O)[O-])CCN(CC(=O)[O-])Cc2ccc3c(n2)c2nc(ccc2c2nc4c(nc32)CCCC4)C1.[Eu+3]. The van der Waals surface area contributed by atoms with Crippen LogP contribution in [0, 0.1) is 61.2 Å². The first kappa shape index (κ1) is 48.5. The first-order valence-electron chi connectivity index (χ1n) is 22.4. The summed E-state index contributed by atoms with van der Waals surface area (Å²) in [6.45, 7) is 0.456. The van der Waals surface area contributed by atoms with Crippen LogP contribution in [0.3, 0.4) is 0 Å². The Bertz CT molecular complexity index is 2380. The van der Waals surface area contributed by atoms with E-state index < -0.39 is 37.0 Å². The fraction of sp³-hybridized carbons (Fsp3) is 0.522. The number of hydrogen-bond donors (Lipinski definition) is 1. The fourth-order valence-electron chi connectivity index (χ4n) is 9.74. The maximum Gasteiger partial charge on any atom is 3.00 e. The van der Waals surface area contributed by atoms with Crippen molar-refractivity contribution in [2.75, 3.05) is 52.4 Å². The average molecular weight is 1030 g/mol. The van der Waals surface area contributed by atoms with Crippen molar-refractivity contribution >= 4 is 68.5 Å². The van der Waals surface area contributed by atoms with Crippen molar-refractivity contribution in [3.05, 3.63) is 59.2 Å². The molecule has 342 valence electrons. The third kappa shape index (κ3) is 11.8. The third-order valence-electron chi connectivity index (χ3n) is 13.1. The van der Waals surface area contributed by atoms with Crippen molar-refractivity contribution in [2.24, 2.45) is 11.8 Å². The topological polar surface area (TPSA) is 248 Å². The first-order chi connectivity index (χ1) is 30.9. The van der Waals surface area contributed by atoms with E-state index in [9.17, 15) is 44.1 Å². The van der Waals surface area contributed by atoms with Crippen molar-refractivity contribution in [3.63, 3.8) is 0 Å². The summed E-state index contributed by atoms with van der Waals surface area (Å²) in [6.07, 6.45) is 10.1. The van der Waals surface area contributed by atoms with Crippen LogP contribution in [0.5, 0.6) is 0 Å². The van der Waals surface area contributed by atoms with Crippen LogP contribution < -0.4 is 20.6 Å². The van der Waals surface area contributed by atoms with Crippen LogP contribution in [0.1, 0.15) is 80.6 Å². The summed E-state index contributed by atoms with van der Waals surface area (Å²) in [5.74, 6) is -4.69. The molecule has 3 amide bonds. The number of hydrogen-bond acceptors (Lipinski definition) is 16. The second-order valence-electron chi connectivity index (χ2n) is 17.6. The van der Waals surface area contributed by atoms with Crippen LogP contribution in [0.25, 0.3) is 32.8 Å². The van der Waals surface area contributed by atoms with E-state index in [0.29, 0.717) is 72.2 Å². The zero-order valence-corrected chi connectivity index (χ0v) is 38.6. The van der Waals surface area contributed by atoms with E-state index in [2.05, 4.69) is 5.32 Å². The summed E-state index contributed by atoms with van der Waals surface area (Å²) in [6, 6.07) is 6.36. The molecule has 1 aromatic carbocycles. The number of pyridine rings is 2. The number of imide groups is 1. The Kier molecular flexibility index (Phi) is 16.4. The molecule has 4 aliphatic rings. The standard InChI is InChI=1S/C46H55N9O9.Eu/c56-37-16-17-38(57)55(37)23-28-8-10-29(11-9-28)45(62)47-18-4-3-7-36(46(63)64)54-21-19-52(26-39(58)59)24-30-12-14-32-41(48-30)42-33(44-43(32)50-34-5-1-2-6-35(34)51-44)15-13-31(49-42)25-53(20-22-54)27-40(60)61;/h12-17,28-29,36H,1-11,18-27H2,(H,47,62)(H,58,59)(H,60,61)(H,63,64);/q;+3/p-3/t28?,29?,36-;/m0./s1. The van der Waals surface area contributed by atoms with Crippen LogP contribution in [0.15, 0.2) is 36.4 Å². The molecule has 4 bridgehead atoms. The van der Waals surface area contributed by atoms with Gasteiger partial charge in [-0.05, 0) is 101 Å². The van der Waals surface area contributed by atoms with Gasteiger partial charge < -0.3 is 35.0 Å². The Morgan fingerprint density at radius 1 is 0.677 bits per heavy atom. The minimum absolute atomic E-state index is 0. The third-order valence-corrected chi connectivity index (χ3v) is 13.1. The molecule has 65 heavy (non-hydrogen) atoms. The zero-order chi connectivity index (χ0) is 44.9. The molecule has 1 fully saturated rings. The number of nitrogens with one attached hydrogen (secondary N) is 1. The molecule has 19 heteroatoms. The number of rotatable bonds is 14. The van der Waals surface area contributed by atoms with Crippen molar-refractivity contribution in [2.45, 2.75) is 89.8 Å². The number of unbranched alkanes of at least 4 members (excludes halogenated alkanes) is 1. The maximum absolute atomic E-state index is 13.1.